The monoisotopic (exact) mass is 245 g/mol. The molecule has 1 nitrogen and oxygen atoms in total. The van der Waals surface area contributed by atoms with Gasteiger partial charge in [-0.3, -0.25) is 0 Å². The Hall–Kier alpha value is -0.610. The van der Waals surface area contributed by atoms with E-state index in [-0.39, 0.29) is 5.82 Å². The first-order valence-electron chi connectivity index (χ1n) is 3.31. The van der Waals surface area contributed by atoms with Crippen LogP contribution in [0.25, 0.3) is 10.1 Å². The summed E-state index contributed by atoms with van der Waals surface area (Å²) in [6.45, 7) is 0. The summed E-state index contributed by atoms with van der Waals surface area (Å²) in [6.07, 6.45) is 0. The molecule has 0 aliphatic carbocycles. The van der Waals surface area contributed by atoms with Gasteiger partial charge < -0.3 is 5.73 Å². The molecule has 0 saturated heterocycles. The number of fused-ring (bicyclic) bond motifs is 1. The van der Waals surface area contributed by atoms with Crippen LogP contribution < -0.4 is 5.73 Å². The predicted molar refractivity (Wildman–Crippen MR) is 53.9 cm³/mol. The first-order chi connectivity index (χ1) is 5.68. The minimum atomic E-state index is -0.250. The number of nitrogens with two attached hydrogens (primary N) is 1. The van der Waals surface area contributed by atoms with Gasteiger partial charge in [0.1, 0.15) is 5.82 Å². The summed E-state index contributed by atoms with van der Waals surface area (Å²) >= 11 is 4.63. The first kappa shape index (κ1) is 8.01. The van der Waals surface area contributed by atoms with Gasteiger partial charge in [0, 0.05) is 10.1 Å². The normalized spacial score (nSPS) is 10.8. The summed E-state index contributed by atoms with van der Waals surface area (Å²) in [5.74, 6) is -0.250. The van der Waals surface area contributed by atoms with Gasteiger partial charge >= 0.3 is 0 Å². The highest BCUT2D eigenvalue weighted by atomic mass is 79.9. The van der Waals surface area contributed by atoms with Crippen molar-refractivity contribution in [2.45, 2.75) is 0 Å². The maximum absolute atomic E-state index is 13.0. The zero-order valence-electron chi connectivity index (χ0n) is 5.97. The summed E-state index contributed by atoms with van der Waals surface area (Å²) in [7, 11) is 0. The smallest absolute Gasteiger partial charge is 0.138 e. The van der Waals surface area contributed by atoms with Crippen molar-refractivity contribution in [3.63, 3.8) is 0 Å². The van der Waals surface area contributed by atoms with E-state index in [1.165, 1.54) is 17.4 Å². The lowest BCUT2D eigenvalue weighted by atomic mass is 10.2. The molecule has 2 aromatic rings. The Bertz CT molecular complexity index is 438. The fourth-order valence-electron chi connectivity index (χ4n) is 1.07. The lowest BCUT2D eigenvalue weighted by Crippen LogP contribution is -1.76. The molecular formula is C8H5BrFNS. The van der Waals surface area contributed by atoms with Crippen LogP contribution in [0.15, 0.2) is 22.7 Å². The summed E-state index contributed by atoms with van der Waals surface area (Å²) in [6, 6.07) is 4.94. The molecule has 0 saturated carbocycles. The number of hydrogen-bond donors (Lipinski definition) is 1. The molecule has 0 amide bonds. The lowest BCUT2D eigenvalue weighted by molar-refractivity contribution is 0.623. The highest BCUT2D eigenvalue weighted by Crippen LogP contribution is 2.34. The largest absolute Gasteiger partial charge is 0.391 e. The van der Waals surface area contributed by atoms with Crippen LogP contribution in [0.1, 0.15) is 0 Å². The van der Waals surface area contributed by atoms with Crippen molar-refractivity contribution >= 4 is 42.4 Å². The molecule has 0 bridgehead atoms. The number of hydrogen-bond acceptors (Lipinski definition) is 2. The molecule has 0 atom stereocenters. The van der Waals surface area contributed by atoms with Gasteiger partial charge in [0.05, 0.1) is 9.47 Å². The molecule has 0 fully saturated rings. The van der Waals surface area contributed by atoms with E-state index in [0.717, 1.165) is 10.1 Å². The van der Waals surface area contributed by atoms with Crippen molar-refractivity contribution in [3.8, 4) is 0 Å². The molecule has 2 rings (SSSR count). The van der Waals surface area contributed by atoms with Crippen LogP contribution in [-0.4, -0.2) is 0 Å². The molecule has 12 heavy (non-hydrogen) atoms. The minimum absolute atomic E-state index is 0.250. The van der Waals surface area contributed by atoms with E-state index in [4.69, 9.17) is 5.73 Å². The molecule has 2 N–H and O–H groups in total. The van der Waals surface area contributed by atoms with Gasteiger partial charge in [0.15, 0.2) is 0 Å². The number of nitrogen functional groups attached to an aromatic ring is 1. The molecule has 1 heterocycles. The van der Waals surface area contributed by atoms with Crippen molar-refractivity contribution in [2.75, 3.05) is 5.73 Å². The summed E-state index contributed by atoms with van der Waals surface area (Å²) in [5, 5.41) is 1.55. The highest BCUT2D eigenvalue weighted by Gasteiger charge is 2.06. The second-order valence-corrected chi connectivity index (χ2v) is 4.33. The summed E-state index contributed by atoms with van der Waals surface area (Å²) in [4.78, 5) is 0. The van der Waals surface area contributed by atoms with Crippen molar-refractivity contribution in [1.29, 1.82) is 0 Å². The minimum Gasteiger partial charge on any atom is -0.391 e. The molecule has 0 spiro atoms. The molecule has 0 aliphatic heterocycles. The Morgan fingerprint density at radius 3 is 2.92 bits per heavy atom. The maximum Gasteiger partial charge on any atom is 0.138 e. The number of rotatable bonds is 0. The Morgan fingerprint density at radius 2 is 2.17 bits per heavy atom. The molecule has 1 aromatic carbocycles. The maximum atomic E-state index is 13.0. The van der Waals surface area contributed by atoms with Crippen LogP contribution in [-0.2, 0) is 0 Å². The highest BCUT2D eigenvalue weighted by molar-refractivity contribution is 9.10. The van der Waals surface area contributed by atoms with Gasteiger partial charge in [0.25, 0.3) is 0 Å². The van der Waals surface area contributed by atoms with E-state index in [9.17, 15) is 4.39 Å². The van der Waals surface area contributed by atoms with Crippen LogP contribution in [0.3, 0.4) is 0 Å². The van der Waals surface area contributed by atoms with Gasteiger partial charge in [-0.25, -0.2) is 4.39 Å². The first-order valence-corrected chi connectivity index (χ1v) is 4.92. The van der Waals surface area contributed by atoms with Crippen molar-refractivity contribution in [3.05, 3.63) is 28.5 Å². The van der Waals surface area contributed by atoms with E-state index in [1.807, 2.05) is 0 Å². The van der Waals surface area contributed by atoms with Crippen LogP contribution in [0.2, 0.25) is 0 Å². The van der Waals surface area contributed by atoms with Crippen LogP contribution >= 0.6 is 27.3 Å². The third-order valence-electron chi connectivity index (χ3n) is 1.61. The zero-order chi connectivity index (χ0) is 8.72. The third kappa shape index (κ3) is 1.11. The standard InChI is InChI=1S/C8H5BrFNS/c9-8-4-3-7(11)12-6(4)2-1-5(8)10/h1-3H,11H2. The van der Waals surface area contributed by atoms with Gasteiger partial charge in [-0.05, 0) is 34.1 Å². The molecule has 4 heteroatoms. The van der Waals surface area contributed by atoms with E-state index < -0.39 is 0 Å². The molecule has 62 valence electrons. The van der Waals surface area contributed by atoms with Gasteiger partial charge in [-0.2, -0.15) is 0 Å². The fourth-order valence-corrected chi connectivity index (χ4v) is 2.50. The number of anilines is 1. The van der Waals surface area contributed by atoms with E-state index in [1.54, 1.807) is 12.1 Å². The Balaban J connectivity index is 2.89. The van der Waals surface area contributed by atoms with E-state index >= 15 is 0 Å². The SMILES string of the molecule is Nc1cc2c(Br)c(F)ccc2s1. The molecule has 0 aliphatic rings. The Morgan fingerprint density at radius 1 is 1.42 bits per heavy atom. The van der Waals surface area contributed by atoms with Crippen molar-refractivity contribution in [1.82, 2.24) is 0 Å². The Labute approximate surface area is 81.1 Å². The summed E-state index contributed by atoms with van der Waals surface area (Å²) < 4.78 is 14.5. The second-order valence-electron chi connectivity index (χ2n) is 2.42. The quantitative estimate of drug-likeness (QED) is 0.757. The topological polar surface area (TPSA) is 26.0 Å². The Kier molecular flexibility index (Phi) is 1.81. The zero-order valence-corrected chi connectivity index (χ0v) is 8.38. The van der Waals surface area contributed by atoms with E-state index in [2.05, 4.69) is 15.9 Å². The molecule has 0 radical (unpaired) electrons. The molecule has 0 unspecified atom stereocenters. The van der Waals surface area contributed by atoms with Gasteiger partial charge in [0.2, 0.25) is 0 Å². The van der Waals surface area contributed by atoms with Crippen molar-refractivity contribution < 1.29 is 4.39 Å². The average molecular weight is 246 g/mol. The third-order valence-corrected chi connectivity index (χ3v) is 3.34. The van der Waals surface area contributed by atoms with Crippen LogP contribution in [0.4, 0.5) is 9.39 Å². The molecular weight excluding hydrogens is 241 g/mol. The number of halogens is 2. The second kappa shape index (κ2) is 2.71. The predicted octanol–water partition coefficient (Wildman–Crippen LogP) is 3.39. The lowest BCUT2D eigenvalue weighted by Gasteiger charge is -1.93. The molecule has 1 aromatic heterocycles. The van der Waals surface area contributed by atoms with Crippen molar-refractivity contribution in [2.24, 2.45) is 0 Å². The van der Waals surface area contributed by atoms with Crippen LogP contribution in [0.5, 0.6) is 0 Å². The number of thiophene rings is 1. The average Bonchev–Trinajstić information content (AvgIpc) is 2.39. The summed E-state index contributed by atoms with van der Waals surface area (Å²) in [5.41, 5.74) is 5.58. The van der Waals surface area contributed by atoms with E-state index in [0.29, 0.717) is 9.47 Å². The van der Waals surface area contributed by atoms with Gasteiger partial charge in [-0.1, -0.05) is 0 Å². The van der Waals surface area contributed by atoms with Gasteiger partial charge in [-0.15, -0.1) is 11.3 Å². The number of benzene rings is 1. The fraction of sp³-hybridized carbons (Fsp3) is 0. The van der Waals surface area contributed by atoms with Crippen LogP contribution in [0, 0.1) is 5.82 Å².